The number of piperidine rings is 1. The maximum absolute atomic E-state index is 11.8. The lowest BCUT2D eigenvalue weighted by Crippen LogP contribution is -2.33. The third-order valence-electron chi connectivity index (χ3n) is 4.77. The van der Waals surface area contributed by atoms with Gasteiger partial charge in [0, 0.05) is 31.0 Å². The van der Waals surface area contributed by atoms with Gasteiger partial charge in [0.2, 0.25) is 0 Å². The number of aromatic nitrogens is 5. The number of nitrogens with one attached hydrogen (secondary N) is 2. The Kier molecular flexibility index (Phi) is 4.06. The Morgan fingerprint density at radius 3 is 2.58 bits per heavy atom. The number of alkyl halides is 3. The zero-order chi connectivity index (χ0) is 18.3. The Hall–Kier alpha value is -2.62. The molecule has 10 heteroatoms. The molecule has 2 aliphatic rings. The standard InChI is InChI=1S/C9H8N6.C7H10F3N/c10-9-6-4-13-15-8(6)5(3-11-9)7-1-2-12-14-7;8-7(9,10)4-11-2-5-1-6(5)3-11/h1-4H,(H2,10,11)(H,12,14)(H,13,15);5-6H,1-4H2. The van der Waals surface area contributed by atoms with Gasteiger partial charge in [0.15, 0.2) is 0 Å². The highest BCUT2D eigenvalue weighted by Gasteiger charge is 2.47. The van der Waals surface area contributed by atoms with Crippen molar-refractivity contribution in [2.45, 2.75) is 12.6 Å². The number of halogens is 3. The molecule has 5 rings (SSSR count). The highest BCUT2D eigenvalue weighted by Crippen LogP contribution is 2.45. The third-order valence-corrected chi connectivity index (χ3v) is 4.77. The van der Waals surface area contributed by atoms with Crippen molar-refractivity contribution in [1.29, 1.82) is 0 Å². The van der Waals surface area contributed by atoms with Crippen LogP contribution in [0.25, 0.3) is 22.2 Å². The van der Waals surface area contributed by atoms with E-state index in [1.165, 1.54) is 4.90 Å². The molecule has 1 aliphatic carbocycles. The fourth-order valence-electron chi connectivity index (χ4n) is 3.44. The summed E-state index contributed by atoms with van der Waals surface area (Å²) in [6, 6.07) is 1.87. The first-order valence-corrected chi connectivity index (χ1v) is 8.27. The average Bonchev–Trinajstić information content (AvgIpc) is 3.06. The van der Waals surface area contributed by atoms with Gasteiger partial charge in [0.1, 0.15) is 5.82 Å². The zero-order valence-electron chi connectivity index (χ0n) is 13.8. The molecule has 0 bridgehead atoms. The van der Waals surface area contributed by atoms with Crippen LogP contribution in [0.3, 0.4) is 0 Å². The fraction of sp³-hybridized carbons (Fsp3) is 0.438. The molecule has 1 aliphatic heterocycles. The number of rotatable bonds is 2. The van der Waals surface area contributed by atoms with Crippen molar-refractivity contribution in [2.24, 2.45) is 11.8 Å². The van der Waals surface area contributed by atoms with Crippen molar-refractivity contribution in [3.63, 3.8) is 0 Å². The monoisotopic (exact) mass is 365 g/mol. The Morgan fingerprint density at radius 2 is 1.92 bits per heavy atom. The van der Waals surface area contributed by atoms with E-state index < -0.39 is 12.7 Å². The molecule has 2 unspecified atom stereocenters. The molecule has 0 spiro atoms. The molecule has 4 heterocycles. The van der Waals surface area contributed by atoms with Crippen LogP contribution in [0.5, 0.6) is 0 Å². The van der Waals surface area contributed by atoms with Crippen LogP contribution < -0.4 is 5.73 Å². The normalized spacial score (nSPS) is 22.1. The van der Waals surface area contributed by atoms with E-state index >= 15 is 0 Å². The van der Waals surface area contributed by atoms with Crippen LogP contribution >= 0.6 is 0 Å². The van der Waals surface area contributed by atoms with Gasteiger partial charge in [0.05, 0.1) is 29.3 Å². The second kappa shape index (κ2) is 6.27. The summed E-state index contributed by atoms with van der Waals surface area (Å²) in [5.74, 6) is 1.66. The number of hydrogen-bond acceptors (Lipinski definition) is 5. The molecule has 0 radical (unpaired) electrons. The summed E-state index contributed by atoms with van der Waals surface area (Å²) >= 11 is 0. The molecule has 4 N–H and O–H groups in total. The van der Waals surface area contributed by atoms with Gasteiger partial charge < -0.3 is 5.73 Å². The lowest BCUT2D eigenvalue weighted by Gasteiger charge is -2.18. The van der Waals surface area contributed by atoms with E-state index in [0.29, 0.717) is 30.7 Å². The number of hydrogen-bond donors (Lipinski definition) is 3. The number of nitrogen functional groups attached to an aromatic ring is 1. The molecule has 26 heavy (non-hydrogen) atoms. The molecule has 3 aromatic rings. The molecular weight excluding hydrogens is 347 g/mol. The maximum Gasteiger partial charge on any atom is 0.401 e. The van der Waals surface area contributed by atoms with Gasteiger partial charge in [-0.15, -0.1) is 0 Å². The van der Waals surface area contributed by atoms with E-state index in [9.17, 15) is 13.2 Å². The molecular formula is C16H18F3N7. The highest BCUT2D eigenvalue weighted by atomic mass is 19.4. The molecule has 3 aromatic heterocycles. The molecule has 1 saturated carbocycles. The topological polar surface area (TPSA) is 99.5 Å². The number of aromatic amines is 2. The Balaban J connectivity index is 0.000000136. The van der Waals surface area contributed by atoms with E-state index in [-0.39, 0.29) is 0 Å². The van der Waals surface area contributed by atoms with Crippen LogP contribution in [-0.4, -0.2) is 56.1 Å². The average molecular weight is 365 g/mol. The van der Waals surface area contributed by atoms with Crippen molar-refractivity contribution in [3.8, 4) is 11.3 Å². The lowest BCUT2D eigenvalue weighted by molar-refractivity contribution is -0.144. The van der Waals surface area contributed by atoms with Gasteiger partial charge in [-0.05, 0) is 24.3 Å². The van der Waals surface area contributed by atoms with Gasteiger partial charge in [-0.3, -0.25) is 15.1 Å². The zero-order valence-corrected chi connectivity index (χ0v) is 13.8. The minimum Gasteiger partial charge on any atom is -0.383 e. The van der Waals surface area contributed by atoms with E-state index in [1.807, 2.05) is 6.07 Å². The number of anilines is 1. The van der Waals surface area contributed by atoms with Crippen molar-refractivity contribution in [2.75, 3.05) is 25.4 Å². The Bertz CT molecular complexity index is 877. The molecule has 0 amide bonds. The number of H-pyrrole nitrogens is 2. The van der Waals surface area contributed by atoms with Gasteiger partial charge >= 0.3 is 6.18 Å². The summed E-state index contributed by atoms with van der Waals surface area (Å²) < 4.78 is 35.4. The van der Waals surface area contributed by atoms with Gasteiger partial charge in [-0.2, -0.15) is 23.4 Å². The predicted molar refractivity (Wildman–Crippen MR) is 90.0 cm³/mol. The van der Waals surface area contributed by atoms with Gasteiger partial charge in [-0.1, -0.05) is 0 Å². The number of pyridine rings is 1. The number of fused-ring (bicyclic) bond motifs is 2. The lowest BCUT2D eigenvalue weighted by atomic mass is 10.1. The van der Waals surface area contributed by atoms with E-state index in [1.54, 1.807) is 18.6 Å². The van der Waals surface area contributed by atoms with Crippen LogP contribution in [0, 0.1) is 11.8 Å². The Labute approximate surface area is 146 Å². The van der Waals surface area contributed by atoms with E-state index in [4.69, 9.17) is 5.73 Å². The molecule has 2 atom stereocenters. The van der Waals surface area contributed by atoms with Crippen LogP contribution in [0.15, 0.2) is 24.7 Å². The fourth-order valence-corrected chi connectivity index (χ4v) is 3.44. The van der Waals surface area contributed by atoms with Gasteiger partial charge in [-0.25, -0.2) is 4.98 Å². The summed E-state index contributed by atoms with van der Waals surface area (Å²) in [5, 5.41) is 14.4. The number of likely N-dealkylation sites (tertiary alicyclic amines) is 1. The van der Waals surface area contributed by atoms with Crippen molar-refractivity contribution >= 4 is 16.7 Å². The predicted octanol–water partition coefficient (Wildman–Crippen LogP) is 2.43. The smallest absolute Gasteiger partial charge is 0.383 e. The highest BCUT2D eigenvalue weighted by molar-refractivity contribution is 5.97. The molecule has 1 saturated heterocycles. The summed E-state index contributed by atoms with van der Waals surface area (Å²) in [7, 11) is 0. The minimum atomic E-state index is -4.00. The maximum atomic E-state index is 11.8. The summed E-state index contributed by atoms with van der Waals surface area (Å²) in [6.45, 7) is 0.633. The van der Waals surface area contributed by atoms with Crippen LogP contribution in [0.4, 0.5) is 19.0 Å². The minimum absolute atomic E-state index is 0.474. The molecule has 7 nitrogen and oxygen atoms in total. The van der Waals surface area contributed by atoms with E-state index in [0.717, 1.165) is 28.6 Å². The summed E-state index contributed by atoms with van der Waals surface area (Å²) in [6.07, 6.45) is 2.21. The first-order chi connectivity index (χ1) is 12.4. The van der Waals surface area contributed by atoms with Crippen molar-refractivity contribution in [1.82, 2.24) is 30.3 Å². The SMILES string of the molecule is FC(F)(F)CN1CC2CC2C1.Nc1ncc(-c2ccn[nH]2)c2[nH]ncc12. The van der Waals surface area contributed by atoms with Crippen molar-refractivity contribution < 1.29 is 13.2 Å². The number of nitrogens with two attached hydrogens (primary N) is 1. The Morgan fingerprint density at radius 1 is 1.15 bits per heavy atom. The second-order valence-electron chi connectivity index (χ2n) is 6.75. The quantitative estimate of drug-likeness (QED) is 0.648. The van der Waals surface area contributed by atoms with E-state index in [2.05, 4.69) is 25.4 Å². The molecule has 2 fully saturated rings. The first kappa shape index (κ1) is 16.8. The second-order valence-corrected chi connectivity index (χ2v) is 6.75. The number of nitrogens with zero attached hydrogens (tertiary/aromatic N) is 4. The summed E-state index contributed by atoms with van der Waals surface area (Å²) in [5.41, 5.74) is 8.39. The largest absolute Gasteiger partial charge is 0.401 e. The molecule has 0 aromatic carbocycles. The van der Waals surface area contributed by atoms with Gasteiger partial charge in [0.25, 0.3) is 0 Å². The first-order valence-electron chi connectivity index (χ1n) is 8.27. The van der Waals surface area contributed by atoms with Crippen molar-refractivity contribution in [3.05, 3.63) is 24.7 Å². The van der Waals surface area contributed by atoms with Crippen LogP contribution in [0.2, 0.25) is 0 Å². The third kappa shape index (κ3) is 3.50. The summed E-state index contributed by atoms with van der Waals surface area (Å²) in [4.78, 5) is 5.62. The van der Waals surface area contributed by atoms with Crippen LogP contribution in [0.1, 0.15) is 6.42 Å². The molecule has 138 valence electrons. The van der Waals surface area contributed by atoms with Crippen LogP contribution in [-0.2, 0) is 0 Å².